The van der Waals surface area contributed by atoms with E-state index < -0.39 is 17.8 Å². The summed E-state index contributed by atoms with van der Waals surface area (Å²) in [6.45, 7) is -0.317. The van der Waals surface area contributed by atoms with Gasteiger partial charge in [0.05, 0.1) is 5.39 Å². The minimum atomic E-state index is -1.04. The molecule has 1 aliphatic heterocycles. The summed E-state index contributed by atoms with van der Waals surface area (Å²) in [6.07, 6.45) is 0.199. The zero-order valence-corrected chi connectivity index (χ0v) is 11.9. The van der Waals surface area contributed by atoms with Crippen LogP contribution in [0.5, 0.6) is 5.88 Å². The summed E-state index contributed by atoms with van der Waals surface area (Å²) in [4.78, 5) is 39.2. The van der Waals surface area contributed by atoms with Crippen LogP contribution in [0.25, 0.3) is 10.8 Å². The van der Waals surface area contributed by atoms with Gasteiger partial charge in [-0.05, 0) is 6.07 Å². The number of hydrogen-bond donors (Lipinski definition) is 2. The average molecular weight is 316 g/mol. The van der Waals surface area contributed by atoms with E-state index in [1.54, 1.807) is 24.3 Å². The molecule has 1 fully saturated rings. The monoisotopic (exact) mass is 316 g/mol. The number of nitrogens with one attached hydrogen (secondary N) is 1. The molecule has 2 heterocycles. The van der Waals surface area contributed by atoms with Crippen molar-refractivity contribution in [2.45, 2.75) is 12.8 Å². The van der Waals surface area contributed by atoms with Gasteiger partial charge < -0.3 is 15.3 Å². The molecule has 0 unspecified atom stereocenters. The van der Waals surface area contributed by atoms with Gasteiger partial charge in [-0.2, -0.15) is 0 Å². The van der Waals surface area contributed by atoms with Gasteiger partial charge in [-0.15, -0.1) is 15.3 Å². The van der Waals surface area contributed by atoms with E-state index in [0.717, 1.165) is 0 Å². The minimum absolute atomic E-state index is 0.00470. The number of anilines is 1. The lowest BCUT2D eigenvalue weighted by molar-refractivity contribution is -0.165. The molecule has 0 bridgehead atoms. The Morgan fingerprint density at radius 2 is 1.83 bits per heavy atom. The van der Waals surface area contributed by atoms with Crippen LogP contribution in [-0.4, -0.2) is 44.7 Å². The van der Waals surface area contributed by atoms with Crippen molar-refractivity contribution in [3.05, 3.63) is 24.3 Å². The van der Waals surface area contributed by atoms with Crippen molar-refractivity contribution in [2.24, 2.45) is 0 Å². The van der Waals surface area contributed by atoms with Crippen molar-refractivity contribution >= 4 is 34.4 Å². The summed E-state index contributed by atoms with van der Waals surface area (Å²) < 4.78 is 0. The van der Waals surface area contributed by atoms with Gasteiger partial charge in [0.25, 0.3) is 17.7 Å². The van der Waals surface area contributed by atoms with Crippen molar-refractivity contribution in [1.82, 2.24) is 15.3 Å². The SMILES string of the molecule is O=C(O)CNc1nnc(ON2C(=O)CCC2=O)c2ccccc12. The van der Waals surface area contributed by atoms with Crippen molar-refractivity contribution < 1.29 is 24.3 Å². The second-order valence-corrected chi connectivity index (χ2v) is 4.82. The normalized spacial score (nSPS) is 14.3. The van der Waals surface area contributed by atoms with Gasteiger partial charge in [0.2, 0.25) is 0 Å². The van der Waals surface area contributed by atoms with E-state index >= 15 is 0 Å². The Hall–Kier alpha value is -3.23. The number of aliphatic carboxylic acids is 1. The lowest BCUT2D eigenvalue weighted by Crippen LogP contribution is -2.33. The maximum Gasteiger partial charge on any atom is 0.322 e. The molecule has 2 N–H and O–H groups in total. The molecule has 2 aromatic rings. The summed E-state index contributed by atoms with van der Waals surface area (Å²) in [5.74, 6) is -1.63. The molecule has 9 heteroatoms. The van der Waals surface area contributed by atoms with Crippen molar-refractivity contribution in [1.29, 1.82) is 0 Å². The molecule has 0 aliphatic carbocycles. The highest BCUT2D eigenvalue weighted by atomic mass is 16.7. The number of carboxylic acids is 1. The number of fused-ring (bicyclic) bond motifs is 1. The molecule has 1 aliphatic rings. The first-order chi connectivity index (χ1) is 11.1. The van der Waals surface area contributed by atoms with Crippen molar-refractivity contribution in [3.8, 4) is 5.88 Å². The van der Waals surface area contributed by atoms with Gasteiger partial charge in [0.1, 0.15) is 6.54 Å². The fourth-order valence-electron chi connectivity index (χ4n) is 2.18. The third kappa shape index (κ3) is 2.89. The van der Waals surface area contributed by atoms with E-state index in [1.165, 1.54) is 0 Å². The molecule has 1 saturated heterocycles. The molecule has 0 spiro atoms. The van der Waals surface area contributed by atoms with Gasteiger partial charge in [-0.25, -0.2) is 0 Å². The molecule has 2 amide bonds. The predicted molar refractivity (Wildman–Crippen MR) is 77.4 cm³/mol. The van der Waals surface area contributed by atoms with Crippen LogP contribution in [0.2, 0.25) is 0 Å². The molecule has 0 atom stereocenters. The number of hydroxylamine groups is 2. The number of carbonyl (C=O) groups is 3. The number of hydrogen-bond acceptors (Lipinski definition) is 7. The maximum absolute atomic E-state index is 11.6. The lowest BCUT2D eigenvalue weighted by atomic mass is 10.2. The molecule has 1 aromatic heterocycles. The second kappa shape index (κ2) is 5.87. The van der Waals surface area contributed by atoms with E-state index in [4.69, 9.17) is 9.94 Å². The smallest absolute Gasteiger partial charge is 0.322 e. The number of imide groups is 1. The molecule has 1 aromatic carbocycles. The first-order valence-corrected chi connectivity index (χ1v) is 6.81. The van der Waals surface area contributed by atoms with Crippen molar-refractivity contribution in [3.63, 3.8) is 0 Å². The molecule has 0 radical (unpaired) electrons. The molecule has 9 nitrogen and oxygen atoms in total. The van der Waals surface area contributed by atoms with Crippen LogP contribution in [0, 0.1) is 0 Å². The van der Waals surface area contributed by atoms with Crippen LogP contribution >= 0.6 is 0 Å². The molecular formula is C14H12N4O5. The number of benzene rings is 1. The lowest BCUT2D eigenvalue weighted by Gasteiger charge is -2.15. The van der Waals surface area contributed by atoms with Crippen LogP contribution in [-0.2, 0) is 14.4 Å². The average Bonchev–Trinajstić information content (AvgIpc) is 2.85. The molecular weight excluding hydrogens is 304 g/mol. The molecule has 23 heavy (non-hydrogen) atoms. The number of rotatable bonds is 5. The van der Waals surface area contributed by atoms with Crippen LogP contribution in [0.4, 0.5) is 5.82 Å². The van der Waals surface area contributed by atoms with Crippen LogP contribution < -0.4 is 10.2 Å². The number of nitrogens with zero attached hydrogens (tertiary/aromatic N) is 3. The Morgan fingerprint density at radius 1 is 1.17 bits per heavy atom. The summed E-state index contributed by atoms with van der Waals surface area (Å²) >= 11 is 0. The van der Waals surface area contributed by atoms with Crippen molar-refractivity contribution in [2.75, 3.05) is 11.9 Å². The molecule has 3 rings (SSSR count). The second-order valence-electron chi connectivity index (χ2n) is 4.82. The summed E-state index contributed by atoms with van der Waals surface area (Å²) in [5, 5.41) is 20.8. The number of carboxylic acid groups (broad SMARTS) is 1. The molecule has 0 saturated carbocycles. The van der Waals surface area contributed by atoms with E-state index in [-0.39, 0.29) is 31.1 Å². The van der Waals surface area contributed by atoms with Crippen LogP contribution in [0.15, 0.2) is 24.3 Å². The van der Waals surface area contributed by atoms with Gasteiger partial charge >= 0.3 is 5.97 Å². The van der Waals surface area contributed by atoms with Crippen LogP contribution in [0.1, 0.15) is 12.8 Å². The fourth-order valence-corrected chi connectivity index (χ4v) is 2.18. The van der Waals surface area contributed by atoms with E-state index in [9.17, 15) is 14.4 Å². The highest BCUT2D eigenvalue weighted by molar-refractivity contribution is 6.01. The van der Waals surface area contributed by atoms with Gasteiger partial charge in [-0.3, -0.25) is 14.4 Å². The van der Waals surface area contributed by atoms with E-state index in [1.807, 2.05) is 0 Å². The minimum Gasteiger partial charge on any atom is -0.480 e. The topological polar surface area (TPSA) is 122 Å². The number of aromatic nitrogens is 2. The summed E-state index contributed by atoms with van der Waals surface area (Å²) in [6, 6.07) is 6.85. The zero-order valence-electron chi connectivity index (χ0n) is 11.9. The number of carbonyl (C=O) groups excluding carboxylic acids is 2. The Labute approximate surface area is 129 Å². The summed E-state index contributed by atoms with van der Waals surface area (Å²) in [7, 11) is 0. The molecule has 118 valence electrons. The third-order valence-corrected chi connectivity index (χ3v) is 3.24. The first-order valence-electron chi connectivity index (χ1n) is 6.81. The Morgan fingerprint density at radius 3 is 2.48 bits per heavy atom. The van der Waals surface area contributed by atoms with E-state index in [2.05, 4.69) is 15.5 Å². The predicted octanol–water partition coefficient (Wildman–Crippen LogP) is 0.569. The van der Waals surface area contributed by atoms with Gasteiger partial charge in [-0.1, -0.05) is 18.2 Å². The van der Waals surface area contributed by atoms with E-state index in [0.29, 0.717) is 15.8 Å². The van der Waals surface area contributed by atoms with Gasteiger partial charge in [0.15, 0.2) is 5.82 Å². The third-order valence-electron chi connectivity index (χ3n) is 3.24. The summed E-state index contributed by atoms with van der Waals surface area (Å²) in [5.41, 5.74) is 0. The maximum atomic E-state index is 11.6. The zero-order chi connectivity index (χ0) is 16.4. The Balaban J connectivity index is 1.96. The first kappa shape index (κ1) is 14.7. The highest BCUT2D eigenvalue weighted by Crippen LogP contribution is 2.28. The number of amides is 2. The van der Waals surface area contributed by atoms with Gasteiger partial charge in [0, 0.05) is 18.2 Å². The Kier molecular flexibility index (Phi) is 3.75. The highest BCUT2D eigenvalue weighted by Gasteiger charge is 2.32. The Bertz CT molecular complexity index is 791. The fraction of sp³-hybridized carbons (Fsp3) is 0.214. The quantitative estimate of drug-likeness (QED) is 0.768. The van der Waals surface area contributed by atoms with Crippen LogP contribution in [0.3, 0.4) is 0 Å². The standard InChI is InChI=1S/C14H12N4O5/c19-10-5-6-11(20)18(10)23-14-9-4-2-1-3-8(9)13(16-17-14)15-7-12(21)22/h1-4H,5-7H2,(H,15,16)(H,21,22). The largest absolute Gasteiger partial charge is 0.480 e.